The first kappa shape index (κ1) is 14.7. The Labute approximate surface area is 125 Å². The van der Waals surface area contributed by atoms with Crippen LogP contribution in [-0.4, -0.2) is 28.9 Å². The van der Waals surface area contributed by atoms with Gasteiger partial charge in [0.25, 0.3) is 5.91 Å². The number of ether oxygens (including phenoxy) is 1. The Hall–Kier alpha value is -2.67. The van der Waals surface area contributed by atoms with Gasteiger partial charge in [-0.05, 0) is 18.2 Å². The Morgan fingerprint density at radius 1 is 1.29 bits per heavy atom. The van der Waals surface area contributed by atoms with Gasteiger partial charge >= 0.3 is 0 Å². The number of anilines is 1. The van der Waals surface area contributed by atoms with Gasteiger partial charge in [0.15, 0.2) is 0 Å². The molecular formula is C13H11ClN4O3. The third kappa shape index (κ3) is 3.46. The number of carbonyl (C=O) groups excluding carboxylic acids is 2. The zero-order valence-corrected chi connectivity index (χ0v) is 11.7. The molecule has 0 unspecified atom stereocenters. The van der Waals surface area contributed by atoms with Crippen LogP contribution in [0.2, 0.25) is 5.15 Å². The molecule has 3 N–H and O–H groups in total. The van der Waals surface area contributed by atoms with Crippen molar-refractivity contribution in [2.24, 2.45) is 5.73 Å². The van der Waals surface area contributed by atoms with Gasteiger partial charge in [-0.1, -0.05) is 11.6 Å². The lowest BCUT2D eigenvalue weighted by Crippen LogP contribution is -2.16. The monoisotopic (exact) mass is 306 g/mol. The van der Waals surface area contributed by atoms with Gasteiger partial charge in [-0.15, -0.1) is 0 Å². The van der Waals surface area contributed by atoms with E-state index < -0.39 is 11.8 Å². The molecule has 1 heterocycles. The molecule has 0 aliphatic carbocycles. The molecular weight excluding hydrogens is 296 g/mol. The van der Waals surface area contributed by atoms with Crippen LogP contribution in [0.4, 0.5) is 5.69 Å². The van der Waals surface area contributed by atoms with Gasteiger partial charge in [0, 0.05) is 5.56 Å². The fraction of sp³-hybridized carbons (Fsp3) is 0.0769. The van der Waals surface area contributed by atoms with Gasteiger partial charge in [0.05, 0.1) is 25.2 Å². The second-order valence-electron chi connectivity index (χ2n) is 3.96. The number of carbonyl (C=O) groups is 2. The molecule has 7 nitrogen and oxygen atoms in total. The van der Waals surface area contributed by atoms with Gasteiger partial charge in [-0.2, -0.15) is 0 Å². The predicted octanol–water partition coefficient (Wildman–Crippen LogP) is 1.49. The van der Waals surface area contributed by atoms with Crippen molar-refractivity contribution in [2.45, 2.75) is 0 Å². The lowest BCUT2D eigenvalue weighted by Gasteiger charge is -2.10. The standard InChI is InChI=1S/C13H11ClN4O3/c1-21-10-3-2-7(12(15)19)4-8(10)18-13(20)9-5-17-11(14)6-16-9/h2-6H,1H3,(H2,15,19)(H,18,20). The molecule has 0 fully saturated rings. The van der Waals surface area contributed by atoms with Crippen LogP contribution >= 0.6 is 11.6 Å². The first-order valence-electron chi connectivity index (χ1n) is 5.78. The highest BCUT2D eigenvalue weighted by atomic mass is 35.5. The Morgan fingerprint density at radius 2 is 2.05 bits per heavy atom. The first-order valence-corrected chi connectivity index (χ1v) is 6.16. The third-order valence-electron chi connectivity index (χ3n) is 2.59. The Balaban J connectivity index is 2.29. The quantitative estimate of drug-likeness (QED) is 0.890. The van der Waals surface area contributed by atoms with Gasteiger partial charge < -0.3 is 15.8 Å². The number of benzene rings is 1. The summed E-state index contributed by atoms with van der Waals surface area (Å²) in [6.45, 7) is 0. The maximum atomic E-state index is 12.0. The number of amides is 2. The second kappa shape index (κ2) is 6.19. The number of aromatic nitrogens is 2. The second-order valence-corrected chi connectivity index (χ2v) is 4.35. The molecule has 0 saturated heterocycles. The zero-order valence-electron chi connectivity index (χ0n) is 11.0. The van der Waals surface area contributed by atoms with Crippen LogP contribution < -0.4 is 15.8 Å². The van der Waals surface area contributed by atoms with Crippen LogP contribution in [0.25, 0.3) is 0 Å². The van der Waals surface area contributed by atoms with Gasteiger partial charge in [0.2, 0.25) is 5.91 Å². The normalized spacial score (nSPS) is 10.0. The summed E-state index contributed by atoms with van der Waals surface area (Å²) >= 11 is 5.60. The van der Waals surface area contributed by atoms with Crippen LogP contribution in [0, 0.1) is 0 Å². The van der Waals surface area contributed by atoms with Crippen molar-refractivity contribution in [3.05, 3.63) is 47.0 Å². The highest BCUT2D eigenvalue weighted by Crippen LogP contribution is 2.25. The van der Waals surface area contributed by atoms with Crippen molar-refractivity contribution in [2.75, 3.05) is 12.4 Å². The van der Waals surface area contributed by atoms with Crippen LogP contribution in [-0.2, 0) is 0 Å². The molecule has 1 aromatic carbocycles. The van der Waals surface area contributed by atoms with Crippen molar-refractivity contribution in [1.29, 1.82) is 0 Å². The van der Waals surface area contributed by atoms with Crippen molar-refractivity contribution < 1.29 is 14.3 Å². The van der Waals surface area contributed by atoms with E-state index >= 15 is 0 Å². The Bertz CT molecular complexity index is 688. The van der Waals surface area contributed by atoms with E-state index in [4.69, 9.17) is 22.1 Å². The number of halogens is 1. The van der Waals surface area contributed by atoms with Gasteiger partial charge in [-0.25, -0.2) is 9.97 Å². The summed E-state index contributed by atoms with van der Waals surface area (Å²) < 4.78 is 5.11. The van der Waals surface area contributed by atoms with Crippen LogP contribution in [0.1, 0.15) is 20.8 Å². The number of nitrogens with zero attached hydrogens (tertiary/aromatic N) is 2. The summed E-state index contributed by atoms with van der Waals surface area (Å²) in [6, 6.07) is 4.45. The fourth-order valence-corrected chi connectivity index (χ4v) is 1.67. The number of nitrogens with one attached hydrogen (secondary N) is 1. The molecule has 108 valence electrons. The molecule has 8 heteroatoms. The van der Waals surface area contributed by atoms with E-state index in [0.29, 0.717) is 11.4 Å². The lowest BCUT2D eigenvalue weighted by molar-refractivity contribution is 0.0995. The highest BCUT2D eigenvalue weighted by Gasteiger charge is 2.13. The summed E-state index contributed by atoms with van der Waals surface area (Å²) in [6.07, 6.45) is 2.50. The Morgan fingerprint density at radius 3 is 2.62 bits per heavy atom. The van der Waals surface area contributed by atoms with E-state index in [0.717, 1.165) is 0 Å². The molecule has 2 rings (SSSR count). The minimum atomic E-state index is -0.612. The number of methoxy groups -OCH3 is 1. The highest BCUT2D eigenvalue weighted by molar-refractivity contribution is 6.29. The van der Waals surface area contributed by atoms with Crippen molar-refractivity contribution >= 4 is 29.1 Å². The van der Waals surface area contributed by atoms with E-state index in [1.807, 2.05) is 0 Å². The summed E-state index contributed by atoms with van der Waals surface area (Å²) in [5, 5.41) is 2.76. The molecule has 0 spiro atoms. The number of hydrogen-bond acceptors (Lipinski definition) is 5. The number of nitrogens with two attached hydrogens (primary N) is 1. The number of rotatable bonds is 4. The average molecular weight is 307 g/mol. The Kier molecular flexibility index (Phi) is 4.34. The molecule has 0 aliphatic heterocycles. The summed E-state index contributed by atoms with van der Waals surface area (Å²) in [4.78, 5) is 30.8. The largest absolute Gasteiger partial charge is 0.495 e. The molecule has 0 aliphatic rings. The zero-order chi connectivity index (χ0) is 15.4. The summed E-state index contributed by atoms with van der Waals surface area (Å²) in [5.41, 5.74) is 5.82. The summed E-state index contributed by atoms with van der Waals surface area (Å²) in [7, 11) is 1.44. The number of primary amides is 1. The molecule has 0 atom stereocenters. The minimum Gasteiger partial charge on any atom is -0.495 e. The summed E-state index contributed by atoms with van der Waals surface area (Å²) in [5.74, 6) is -0.742. The fourth-order valence-electron chi connectivity index (χ4n) is 1.57. The lowest BCUT2D eigenvalue weighted by atomic mass is 10.1. The van der Waals surface area contributed by atoms with Crippen molar-refractivity contribution in [1.82, 2.24) is 9.97 Å². The van der Waals surface area contributed by atoms with Crippen LogP contribution in [0.3, 0.4) is 0 Å². The van der Waals surface area contributed by atoms with Gasteiger partial charge in [-0.3, -0.25) is 9.59 Å². The maximum absolute atomic E-state index is 12.0. The third-order valence-corrected chi connectivity index (χ3v) is 2.78. The number of hydrogen-bond donors (Lipinski definition) is 2. The smallest absolute Gasteiger partial charge is 0.275 e. The topological polar surface area (TPSA) is 107 Å². The van der Waals surface area contributed by atoms with Crippen molar-refractivity contribution in [3.8, 4) is 5.75 Å². The predicted molar refractivity (Wildman–Crippen MR) is 76.5 cm³/mol. The van der Waals surface area contributed by atoms with E-state index in [-0.39, 0.29) is 16.4 Å². The maximum Gasteiger partial charge on any atom is 0.275 e. The molecule has 0 radical (unpaired) electrons. The van der Waals surface area contributed by atoms with Crippen LogP contribution in [0.5, 0.6) is 5.75 Å². The SMILES string of the molecule is COc1ccc(C(N)=O)cc1NC(=O)c1cnc(Cl)cn1. The molecule has 2 amide bonds. The molecule has 1 aromatic heterocycles. The first-order chi connectivity index (χ1) is 10.0. The van der Waals surface area contributed by atoms with Gasteiger partial charge in [0.1, 0.15) is 16.6 Å². The molecule has 0 saturated carbocycles. The van der Waals surface area contributed by atoms with E-state index in [2.05, 4.69) is 15.3 Å². The van der Waals surface area contributed by atoms with Crippen molar-refractivity contribution in [3.63, 3.8) is 0 Å². The van der Waals surface area contributed by atoms with Crippen LogP contribution in [0.15, 0.2) is 30.6 Å². The molecule has 21 heavy (non-hydrogen) atoms. The minimum absolute atomic E-state index is 0.0749. The van der Waals surface area contributed by atoms with E-state index in [1.54, 1.807) is 0 Å². The van der Waals surface area contributed by atoms with E-state index in [9.17, 15) is 9.59 Å². The molecule has 2 aromatic rings. The molecule has 0 bridgehead atoms. The average Bonchev–Trinajstić information content (AvgIpc) is 2.47. The van der Waals surface area contributed by atoms with E-state index in [1.165, 1.54) is 37.7 Å².